The van der Waals surface area contributed by atoms with Gasteiger partial charge in [0, 0.05) is 29.2 Å². The Kier molecular flexibility index (Phi) is 2.83. The molecule has 3 rings (SSSR count). The lowest BCUT2D eigenvalue weighted by atomic mass is 10.1. The number of nitrogens with one attached hydrogen (secondary N) is 1. The number of pyridine rings is 1. The summed E-state index contributed by atoms with van der Waals surface area (Å²) >= 11 is 0. The summed E-state index contributed by atoms with van der Waals surface area (Å²) in [5.41, 5.74) is 2.62. The largest absolute Gasteiger partial charge is 0.355 e. The average molecular weight is 245 g/mol. The number of fused-ring (bicyclic) bond motifs is 1. The van der Waals surface area contributed by atoms with Gasteiger partial charge < -0.3 is 5.32 Å². The van der Waals surface area contributed by atoms with E-state index in [1.54, 1.807) is 18.3 Å². The minimum atomic E-state index is 0.658. The fourth-order valence-electron chi connectivity index (χ4n) is 2.01. The maximum absolute atomic E-state index is 8.78. The number of benzene rings is 2. The van der Waals surface area contributed by atoms with Gasteiger partial charge in [0.05, 0.1) is 11.6 Å². The van der Waals surface area contributed by atoms with Crippen molar-refractivity contribution in [1.82, 2.24) is 4.98 Å². The Morgan fingerprint density at radius 1 is 1.00 bits per heavy atom. The molecule has 3 aromatic rings. The Labute approximate surface area is 111 Å². The molecule has 1 N–H and O–H groups in total. The molecule has 90 valence electrons. The highest BCUT2D eigenvalue weighted by atomic mass is 14.9. The number of anilines is 2. The second-order valence-electron chi connectivity index (χ2n) is 4.22. The number of hydrogen-bond acceptors (Lipinski definition) is 3. The Balaban J connectivity index is 1.99. The van der Waals surface area contributed by atoms with E-state index in [4.69, 9.17) is 5.26 Å². The molecular formula is C16H11N3. The first kappa shape index (κ1) is 11.2. The first-order valence-corrected chi connectivity index (χ1v) is 5.97. The van der Waals surface area contributed by atoms with Crippen molar-refractivity contribution >= 4 is 22.1 Å². The lowest BCUT2D eigenvalue weighted by Gasteiger charge is -2.09. The summed E-state index contributed by atoms with van der Waals surface area (Å²) in [5.74, 6) is 0. The van der Waals surface area contributed by atoms with E-state index in [0.29, 0.717) is 5.56 Å². The Hall–Kier alpha value is -2.86. The van der Waals surface area contributed by atoms with Crippen LogP contribution < -0.4 is 5.32 Å². The summed E-state index contributed by atoms with van der Waals surface area (Å²) in [6, 6.07) is 17.6. The molecule has 0 spiro atoms. The van der Waals surface area contributed by atoms with Crippen molar-refractivity contribution < 1.29 is 0 Å². The van der Waals surface area contributed by atoms with Crippen LogP contribution in [0.2, 0.25) is 0 Å². The quantitative estimate of drug-likeness (QED) is 0.746. The molecule has 0 bridgehead atoms. The number of rotatable bonds is 2. The van der Waals surface area contributed by atoms with Gasteiger partial charge in [-0.1, -0.05) is 12.1 Å². The predicted molar refractivity (Wildman–Crippen MR) is 76.2 cm³/mol. The predicted octanol–water partition coefficient (Wildman–Crippen LogP) is 3.85. The topological polar surface area (TPSA) is 48.7 Å². The molecule has 1 aromatic heterocycles. The highest BCUT2D eigenvalue weighted by Crippen LogP contribution is 2.25. The van der Waals surface area contributed by atoms with Gasteiger partial charge in [-0.15, -0.1) is 0 Å². The second kappa shape index (κ2) is 4.79. The molecular weight excluding hydrogens is 234 g/mol. The molecule has 0 saturated carbocycles. The summed E-state index contributed by atoms with van der Waals surface area (Å²) in [6.45, 7) is 0. The normalized spacial score (nSPS) is 10.1. The van der Waals surface area contributed by atoms with Gasteiger partial charge in [-0.3, -0.25) is 4.98 Å². The molecule has 0 amide bonds. The molecule has 0 radical (unpaired) electrons. The highest BCUT2D eigenvalue weighted by molar-refractivity contribution is 5.94. The van der Waals surface area contributed by atoms with E-state index in [1.807, 2.05) is 36.5 Å². The van der Waals surface area contributed by atoms with E-state index in [9.17, 15) is 0 Å². The zero-order chi connectivity index (χ0) is 13.1. The Morgan fingerprint density at radius 3 is 2.63 bits per heavy atom. The SMILES string of the molecule is N#Cc1ccc(Nc2cccc3ccncc23)cc1. The Morgan fingerprint density at radius 2 is 1.84 bits per heavy atom. The molecule has 0 unspecified atom stereocenters. The molecule has 0 atom stereocenters. The van der Waals surface area contributed by atoms with Crippen LogP contribution in [0.5, 0.6) is 0 Å². The monoisotopic (exact) mass is 245 g/mol. The number of nitrogens with zero attached hydrogens (tertiary/aromatic N) is 2. The van der Waals surface area contributed by atoms with Gasteiger partial charge in [0.15, 0.2) is 0 Å². The van der Waals surface area contributed by atoms with E-state index in [1.165, 1.54) is 0 Å². The van der Waals surface area contributed by atoms with Crippen LogP contribution in [0.4, 0.5) is 11.4 Å². The van der Waals surface area contributed by atoms with Gasteiger partial charge in [-0.05, 0) is 41.8 Å². The zero-order valence-corrected chi connectivity index (χ0v) is 10.2. The van der Waals surface area contributed by atoms with Gasteiger partial charge in [0.25, 0.3) is 0 Å². The van der Waals surface area contributed by atoms with E-state index >= 15 is 0 Å². The van der Waals surface area contributed by atoms with Crippen LogP contribution in [0, 0.1) is 11.3 Å². The lowest BCUT2D eigenvalue weighted by Crippen LogP contribution is -1.91. The minimum absolute atomic E-state index is 0.658. The van der Waals surface area contributed by atoms with Crippen molar-refractivity contribution in [3.05, 3.63) is 66.5 Å². The third-order valence-electron chi connectivity index (χ3n) is 2.98. The summed E-state index contributed by atoms with van der Waals surface area (Å²) in [4.78, 5) is 4.16. The zero-order valence-electron chi connectivity index (χ0n) is 10.2. The van der Waals surface area contributed by atoms with Gasteiger partial charge in [0.2, 0.25) is 0 Å². The lowest BCUT2D eigenvalue weighted by molar-refractivity contribution is 1.36. The van der Waals surface area contributed by atoms with E-state index in [0.717, 1.165) is 22.1 Å². The molecule has 0 aliphatic rings. The summed E-state index contributed by atoms with van der Waals surface area (Å²) in [6.07, 6.45) is 3.63. The first-order chi connectivity index (χ1) is 9.36. The van der Waals surface area contributed by atoms with E-state index in [-0.39, 0.29) is 0 Å². The van der Waals surface area contributed by atoms with Crippen LogP contribution in [0.1, 0.15) is 5.56 Å². The van der Waals surface area contributed by atoms with Crippen LogP contribution in [0.25, 0.3) is 10.8 Å². The first-order valence-electron chi connectivity index (χ1n) is 5.97. The van der Waals surface area contributed by atoms with Gasteiger partial charge in [0.1, 0.15) is 0 Å². The third-order valence-corrected chi connectivity index (χ3v) is 2.98. The molecule has 3 nitrogen and oxygen atoms in total. The van der Waals surface area contributed by atoms with Gasteiger partial charge >= 0.3 is 0 Å². The molecule has 3 heteroatoms. The molecule has 1 heterocycles. The van der Waals surface area contributed by atoms with Crippen LogP contribution in [-0.2, 0) is 0 Å². The number of aromatic nitrogens is 1. The van der Waals surface area contributed by atoms with Crippen molar-refractivity contribution in [2.45, 2.75) is 0 Å². The molecule has 19 heavy (non-hydrogen) atoms. The average Bonchev–Trinajstić information content (AvgIpc) is 2.48. The second-order valence-corrected chi connectivity index (χ2v) is 4.22. The fourth-order valence-corrected chi connectivity index (χ4v) is 2.01. The third kappa shape index (κ3) is 2.24. The van der Waals surface area contributed by atoms with Crippen molar-refractivity contribution in [2.24, 2.45) is 0 Å². The standard InChI is InChI=1S/C16H11N3/c17-10-12-4-6-14(7-5-12)19-16-3-1-2-13-8-9-18-11-15(13)16/h1-9,11,19H. The maximum atomic E-state index is 8.78. The minimum Gasteiger partial charge on any atom is -0.355 e. The smallest absolute Gasteiger partial charge is 0.0991 e. The van der Waals surface area contributed by atoms with Crippen LogP contribution in [0.3, 0.4) is 0 Å². The number of hydrogen-bond donors (Lipinski definition) is 1. The molecule has 0 aliphatic carbocycles. The van der Waals surface area contributed by atoms with Gasteiger partial charge in [-0.2, -0.15) is 5.26 Å². The molecule has 2 aromatic carbocycles. The maximum Gasteiger partial charge on any atom is 0.0991 e. The van der Waals surface area contributed by atoms with Crippen molar-refractivity contribution in [3.8, 4) is 6.07 Å². The summed E-state index contributed by atoms with van der Waals surface area (Å²) in [5, 5.41) is 14.4. The van der Waals surface area contributed by atoms with Crippen LogP contribution in [-0.4, -0.2) is 4.98 Å². The van der Waals surface area contributed by atoms with Crippen molar-refractivity contribution in [2.75, 3.05) is 5.32 Å². The summed E-state index contributed by atoms with van der Waals surface area (Å²) in [7, 11) is 0. The van der Waals surface area contributed by atoms with Crippen molar-refractivity contribution in [1.29, 1.82) is 5.26 Å². The van der Waals surface area contributed by atoms with Crippen LogP contribution in [0.15, 0.2) is 60.9 Å². The fraction of sp³-hybridized carbons (Fsp3) is 0. The van der Waals surface area contributed by atoms with Gasteiger partial charge in [-0.25, -0.2) is 0 Å². The number of nitriles is 1. The molecule has 0 aliphatic heterocycles. The van der Waals surface area contributed by atoms with E-state index < -0.39 is 0 Å². The molecule has 0 saturated heterocycles. The molecule has 0 fully saturated rings. The Bertz CT molecular complexity index is 750. The van der Waals surface area contributed by atoms with Crippen molar-refractivity contribution in [3.63, 3.8) is 0 Å². The van der Waals surface area contributed by atoms with E-state index in [2.05, 4.69) is 22.4 Å². The summed E-state index contributed by atoms with van der Waals surface area (Å²) < 4.78 is 0. The highest BCUT2D eigenvalue weighted by Gasteiger charge is 2.01. The van der Waals surface area contributed by atoms with Crippen LogP contribution >= 0.6 is 0 Å².